The summed E-state index contributed by atoms with van der Waals surface area (Å²) in [4.78, 5) is 11.3. The molecule has 146 valence electrons. The molecule has 0 aliphatic heterocycles. The molecular formula is C20H25NO5S. The van der Waals surface area contributed by atoms with Crippen LogP contribution in [0.3, 0.4) is 0 Å². The number of hydrogen-bond donors (Lipinski definition) is 3. The third-order valence-electron chi connectivity index (χ3n) is 4.32. The van der Waals surface area contributed by atoms with E-state index >= 15 is 0 Å². The largest absolute Gasteiger partial charge is 0.480 e. The highest BCUT2D eigenvalue weighted by molar-refractivity contribution is 7.85. The van der Waals surface area contributed by atoms with E-state index in [1.165, 1.54) is 42.7 Å². The lowest BCUT2D eigenvalue weighted by Gasteiger charge is -2.16. The van der Waals surface area contributed by atoms with Crippen molar-refractivity contribution in [3.05, 3.63) is 59.7 Å². The molecule has 27 heavy (non-hydrogen) atoms. The summed E-state index contributed by atoms with van der Waals surface area (Å²) >= 11 is 0. The second-order valence-electron chi connectivity index (χ2n) is 6.51. The predicted molar refractivity (Wildman–Crippen MR) is 105 cm³/mol. The van der Waals surface area contributed by atoms with E-state index in [0.717, 1.165) is 18.4 Å². The quantitative estimate of drug-likeness (QED) is 0.421. The van der Waals surface area contributed by atoms with Crippen molar-refractivity contribution in [2.45, 2.75) is 50.0 Å². The Kier molecular flexibility index (Phi) is 7.38. The van der Waals surface area contributed by atoms with Gasteiger partial charge in [-0.15, -0.1) is 0 Å². The van der Waals surface area contributed by atoms with Crippen LogP contribution in [0.4, 0.5) is 5.69 Å². The first-order valence-corrected chi connectivity index (χ1v) is 10.4. The third-order valence-corrected chi connectivity index (χ3v) is 5.19. The van der Waals surface area contributed by atoms with Crippen LogP contribution in [0.25, 0.3) is 0 Å². The third kappa shape index (κ3) is 6.69. The minimum atomic E-state index is -4.27. The molecule has 0 saturated carbocycles. The first-order chi connectivity index (χ1) is 12.8. The van der Waals surface area contributed by atoms with Crippen molar-refractivity contribution in [3.63, 3.8) is 0 Å². The number of carbonyl (C=O) groups is 1. The molecule has 0 bridgehead atoms. The molecule has 2 aromatic carbocycles. The minimum Gasteiger partial charge on any atom is -0.480 e. The molecule has 1 atom stereocenters. The Morgan fingerprint density at radius 1 is 1.00 bits per heavy atom. The van der Waals surface area contributed by atoms with Gasteiger partial charge >= 0.3 is 5.97 Å². The lowest BCUT2D eigenvalue weighted by atomic mass is 10.0. The summed E-state index contributed by atoms with van der Waals surface area (Å²) < 4.78 is 31.1. The number of rotatable bonds is 10. The van der Waals surface area contributed by atoms with E-state index in [-0.39, 0.29) is 4.90 Å². The van der Waals surface area contributed by atoms with Gasteiger partial charge in [-0.05, 0) is 48.2 Å². The van der Waals surface area contributed by atoms with Gasteiger partial charge in [-0.1, -0.05) is 44.0 Å². The molecule has 0 aliphatic rings. The van der Waals surface area contributed by atoms with Crippen LogP contribution in [-0.4, -0.2) is 30.1 Å². The molecule has 0 amide bonds. The van der Waals surface area contributed by atoms with Gasteiger partial charge in [0.15, 0.2) is 0 Å². The van der Waals surface area contributed by atoms with Crippen molar-refractivity contribution in [3.8, 4) is 0 Å². The predicted octanol–water partition coefficient (Wildman–Crippen LogP) is 3.77. The maximum atomic E-state index is 11.6. The second kappa shape index (κ2) is 9.53. The standard InChI is InChI=1S/C20H25NO5S/c1-2-3-4-5-15-6-8-16(9-7-15)14-19(20(22)23)21-17-10-12-18(13-11-17)27(24,25)26/h6-13,19,21H,2-5,14H2,1H3,(H,22,23)(H,24,25,26)/t19-/m0/s1. The van der Waals surface area contributed by atoms with E-state index in [2.05, 4.69) is 12.2 Å². The lowest BCUT2D eigenvalue weighted by Crippen LogP contribution is -2.31. The number of anilines is 1. The molecule has 0 saturated heterocycles. The highest BCUT2D eigenvalue weighted by Gasteiger charge is 2.18. The van der Waals surface area contributed by atoms with E-state index < -0.39 is 22.1 Å². The number of hydrogen-bond acceptors (Lipinski definition) is 4. The average molecular weight is 391 g/mol. The van der Waals surface area contributed by atoms with Crippen LogP contribution < -0.4 is 5.32 Å². The molecule has 3 N–H and O–H groups in total. The summed E-state index contributed by atoms with van der Waals surface area (Å²) in [6.07, 6.45) is 4.84. The smallest absolute Gasteiger partial charge is 0.326 e. The average Bonchev–Trinajstić information content (AvgIpc) is 2.62. The molecular weight excluding hydrogens is 366 g/mol. The molecule has 0 heterocycles. The van der Waals surface area contributed by atoms with Crippen molar-refractivity contribution in [2.75, 3.05) is 5.32 Å². The fraction of sp³-hybridized carbons (Fsp3) is 0.350. The Bertz CT molecular complexity index is 845. The van der Waals surface area contributed by atoms with Gasteiger partial charge in [-0.3, -0.25) is 4.55 Å². The molecule has 0 unspecified atom stereocenters. The van der Waals surface area contributed by atoms with Crippen LogP contribution in [0.5, 0.6) is 0 Å². The van der Waals surface area contributed by atoms with Crippen LogP contribution in [0.2, 0.25) is 0 Å². The maximum absolute atomic E-state index is 11.6. The number of carboxylic acids is 1. The molecule has 0 radical (unpaired) electrons. The minimum absolute atomic E-state index is 0.237. The molecule has 0 spiro atoms. The van der Waals surface area contributed by atoms with Gasteiger partial charge in [-0.25, -0.2) is 4.79 Å². The van der Waals surface area contributed by atoms with Crippen LogP contribution in [0, 0.1) is 0 Å². The van der Waals surface area contributed by atoms with Gasteiger partial charge < -0.3 is 10.4 Å². The Morgan fingerprint density at radius 3 is 2.11 bits per heavy atom. The molecule has 2 aromatic rings. The summed E-state index contributed by atoms with van der Waals surface area (Å²) in [6.45, 7) is 2.17. The summed E-state index contributed by atoms with van der Waals surface area (Å²) in [5.74, 6) is -0.999. The van der Waals surface area contributed by atoms with Crippen LogP contribution in [-0.2, 0) is 27.8 Å². The van der Waals surface area contributed by atoms with Crippen molar-refractivity contribution in [1.82, 2.24) is 0 Å². The first kappa shape index (κ1) is 20.9. The summed E-state index contributed by atoms with van der Waals surface area (Å²) in [5.41, 5.74) is 2.61. The second-order valence-corrected chi connectivity index (χ2v) is 7.93. The van der Waals surface area contributed by atoms with Crippen LogP contribution in [0.15, 0.2) is 53.4 Å². The highest BCUT2D eigenvalue weighted by Crippen LogP contribution is 2.17. The number of aliphatic carboxylic acids is 1. The van der Waals surface area contributed by atoms with E-state index in [0.29, 0.717) is 12.1 Å². The zero-order chi connectivity index (χ0) is 19.9. The number of aryl methyl sites for hydroxylation is 1. The fourth-order valence-corrected chi connectivity index (χ4v) is 3.26. The van der Waals surface area contributed by atoms with Crippen molar-refractivity contribution >= 4 is 21.8 Å². The number of unbranched alkanes of at least 4 members (excludes halogenated alkanes) is 2. The maximum Gasteiger partial charge on any atom is 0.326 e. The van der Waals surface area contributed by atoms with E-state index in [1.54, 1.807) is 0 Å². The molecule has 0 aromatic heterocycles. The topological polar surface area (TPSA) is 104 Å². The van der Waals surface area contributed by atoms with Crippen molar-refractivity contribution in [2.24, 2.45) is 0 Å². The summed E-state index contributed by atoms with van der Waals surface area (Å²) in [6, 6.07) is 12.4. The SMILES string of the molecule is CCCCCc1ccc(C[C@H](Nc2ccc(S(=O)(=O)O)cc2)C(=O)O)cc1. The molecule has 0 aliphatic carbocycles. The van der Waals surface area contributed by atoms with Gasteiger partial charge in [0, 0.05) is 12.1 Å². The summed E-state index contributed by atoms with van der Waals surface area (Å²) in [5, 5.41) is 12.4. The molecule has 2 rings (SSSR count). The van der Waals surface area contributed by atoms with Crippen molar-refractivity contribution < 1.29 is 22.9 Å². The lowest BCUT2D eigenvalue weighted by molar-refractivity contribution is -0.137. The van der Waals surface area contributed by atoms with Gasteiger partial charge in [0.2, 0.25) is 0 Å². The number of carboxylic acid groups (broad SMARTS) is 1. The van der Waals surface area contributed by atoms with Crippen LogP contribution >= 0.6 is 0 Å². The Balaban J connectivity index is 2.02. The van der Waals surface area contributed by atoms with E-state index in [9.17, 15) is 18.3 Å². The van der Waals surface area contributed by atoms with Gasteiger partial charge in [-0.2, -0.15) is 8.42 Å². The zero-order valence-corrected chi connectivity index (χ0v) is 16.1. The normalized spacial score (nSPS) is 12.5. The Morgan fingerprint density at radius 2 is 1.59 bits per heavy atom. The number of benzene rings is 2. The summed E-state index contributed by atoms with van der Waals surface area (Å²) in [7, 11) is -4.27. The Labute approximate surface area is 160 Å². The van der Waals surface area contributed by atoms with Gasteiger partial charge in [0.1, 0.15) is 6.04 Å². The first-order valence-electron chi connectivity index (χ1n) is 8.94. The van der Waals surface area contributed by atoms with Gasteiger partial charge in [0.05, 0.1) is 4.90 Å². The fourth-order valence-electron chi connectivity index (χ4n) is 2.78. The van der Waals surface area contributed by atoms with Gasteiger partial charge in [0.25, 0.3) is 10.1 Å². The zero-order valence-electron chi connectivity index (χ0n) is 15.3. The number of nitrogens with one attached hydrogen (secondary N) is 1. The van der Waals surface area contributed by atoms with E-state index in [1.807, 2.05) is 24.3 Å². The monoisotopic (exact) mass is 391 g/mol. The molecule has 0 fully saturated rings. The van der Waals surface area contributed by atoms with Crippen molar-refractivity contribution in [1.29, 1.82) is 0 Å². The van der Waals surface area contributed by atoms with E-state index in [4.69, 9.17) is 4.55 Å². The highest BCUT2D eigenvalue weighted by atomic mass is 32.2. The Hall–Kier alpha value is -2.38. The molecule has 6 nitrogen and oxygen atoms in total. The van der Waals surface area contributed by atoms with Crippen LogP contribution in [0.1, 0.15) is 37.3 Å². The molecule has 7 heteroatoms.